The number of hydrogen-bond donors (Lipinski definition) is 3. The van der Waals surface area contributed by atoms with E-state index in [0.717, 1.165) is 24.6 Å². The summed E-state index contributed by atoms with van der Waals surface area (Å²) in [5.41, 5.74) is 2.01. The predicted octanol–water partition coefficient (Wildman–Crippen LogP) is 3.80. The van der Waals surface area contributed by atoms with Gasteiger partial charge in [-0.05, 0) is 37.5 Å². The number of fused-ring (bicyclic) bond motifs is 1. The van der Waals surface area contributed by atoms with Crippen LogP contribution in [0.25, 0.3) is 11.1 Å². The van der Waals surface area contributed by atoms with Gasteiger partial charge in [-0.25, -0.2) is 4.79 Å². The average molecular weight is 575 g/mol. The molecule has 222 valence electrons. The van der Waals surface area contributed by atoms with Gasteiger partial charge in [-0.2, -0.15) is 18.3 Å². The average Bonchev–Trinajstić information content (AvgIpc) is 3.39. The number of carbonyl (C=O) groups is 1. The number of benzene rings is 1. The molecule has 41 heavy (non-hydrogen) atoms. The lowest BCUT2D eigenvalue weighted by Gasteiger charge is -2.43. The normalized spacial score (nSPS) is 20.3. The van der Waals surface area contributed by atoms with E-state index in [9.17, 15) is 23.4 Å². The van der Waals surface area contributed by atoms with Gasteiger partial charge in [-0.1, -0.05) is 0 Å². The minimum absolute atomic E-state index is 0.0429. The van der Waals surface area contributed by atoms with E-state index in [1.165, 1.54) is 10.9 Å². The molecule has 13 heteroatoms. The number of likely N-dealkylation sites (N-methyl/N-ethyl adjacent to an activating group) is 1. The first-order valence-electron chi connectivity index (χ1n) is 13.8. The summed E-state index contributed by atoms with van der Waals surface area (Å²) in [6.07, 6.45) is 0.542. The summed E-state index contributed by atoms with van der Waals surface area (Å²) >= 11 is 0. The topological polar surface area (TPSA) is 102 Å². The lowest BCUT2D eigenvalue weighted by atomic mass is 9.95. The monoisotopic (exact) mass is 574 g/mol. The van der Waals surface area contributed by atoms with E-state index in [1.54, 1.807) is 36.2 Å². The molecule has 1 aromatic heterocycles. The lowest BCUT2D eigenvalue weighted by Crippen LogP contribution is -2.52. The van der Waals surface area contributed by atoms with Crippen LogP contribution in [0.2, 0.25) is 0 Å². The second-order valence-corrected chi connectivity index (χ2v) is 10.9. The van der Waals surface area contributed by atoms with Gasteiger partial charge in [0.2, 0.25) is 0 Å². The molecule has 10 nitrogen and oxygen atoms in total. The summed E-state index contributed by atoms with van der Waals surface area (Å²) < 4.78 is 50.4. The van der Waals surface area contributed by atoms with Crippen LogP contribution in [0.3, 0.4) is 0 Å². The maximum Gasteiger partial charge on any atom is 0.417 e. The maximum absolute atomic E-state index is 14.5. The molecule has 5 rings (SSSR count). The predicted molar refractivity (Wildman–Crippen MR) is 151 cm³/mol. The van der Waals surface area contributed by atoms with Crippen LogP contribution in [0.1, 0.15) is 31.7 Å². The van der Waals surface area contributed by atoms with Gasteiger partial charge in [-0.15, -0.1) is 0 Å². The van der Waals surface area contributed by atoms with Crippen LogP contribution in [0.5, 0.6) is 0 Å². The number of carbonyl (C=O) groups excluding carboxylic acids is 1. The number of amides is 2. The Bertz CT molecular complexity index is 1350. The number of halogens is 3. The summed E-state index contributed by atoms with van der Waals surface area (Å²) in [5, 5.41) is 19.7. The fourth-order valence-corrected chi connectivity index (χ4v) is 5.77. The van der Waals surface area contributed by atoms with Gasteiger partial charge in [0.15, 0.2) is 0 Å². The van der Waals surface area contributed by atoms with Crippen molar-refractivity contribution in [2.75, 3.05) is 56.7 Å². The number of ether oxygens (including phenoxy) is 1. The second-order valence-electron chi connectivity index (χ2n) is 10.9. The Morgan fingerprint density at radius 2 is 1.90 bits per heavy atom. The molecule has 0 spiro atoms. The third-order valence-corrected chi connectivity index (χ3v) is 8.22. The van der Waals surface area contributed by atoms with Gasteiger partial charge >= 0.3 is 12.2 Å². The summed E-state index contributed by atoms with van der Waals surface area (Å²) in [4.78, 5) is 17.8. The second kappa shape index (κ2) is 11.3. The van der Waals surface area contributed by atoms with Crippen molar-refractivity contribution in [2.45, 2.75) is 44.4 Å². The van der Waals surface area contributed by atoms with Crippen LogP contribution >= 0.6 is 0 Å². The molecule has 1 saturated heterocycles. The third kappa shape index (κ3) is 5.72. The van der Waals surface area contributed by atoms with Crippen molar-refractivity contribution in [3.63, 3.8) is 0 Å². The van der Waals surface area contributed by atoms with Crippen molar-refractivity contribution < 1.29 is 22.7 Å². The number of urea groups is 1. The Hall–Kier alpha value is -3.74. The summed E-state index contributed by atoms with van der Waals surface area (Å²) in [6.45, 7) is 4.25. The molecule has 0 aliphatic carbocycles. The first-order chi connectivity index (χ1) is 19.5. The molecule has 2 amide bonds. The molecule has 3 N–H and O–H groups in total. The standard InChI is InChI=1S/C28H37F3N8O2/c1-17-14-39(25-12-22(28(29,30)31)20(11-24(25)37(17)4)18-13-34-36(3)15-18)26(32)21-16-38(27(40)33-2)8-5-23(21)35-19-6-9-41-10-7-19/h11-13,15,17,19,32,35H,5-10,14,16H2,1-4H3,(H,33,40)/t17-/m0/s1. The van der Waals surface area contributed by atoms with Gasteiger partial charge in [0, 0.05) is 89.0 Å². The smallest absolute Gasteiger partial charge is 0.385 e. The molecule has 4 heterocycles. The third-order valence-electron chi connectivity index (χ3n) is 8.22. The molecule has 0 unspecified atom stereocenters. The largest absolute Gasteiger partial charge is 0.417 e. The zero-order valence-electron chi connectivity index (χ0n) is 23.8. The van der Waals surface area contributed by atoms with E-state index in [-0.39, 0.29) is 36.1 Å². The number of alkyl halides is 3. The van der Waals surface area contributed by atoms with Crippen molar-refractivity contribution >= 4 is 23.2 Å². The molecule has 0 saturated carbocycles. The Morgan fingerprint density at radius 1 is 1.17 bits per heavy atom. The van der Waals surface area contributed by atoms with Crippen LogP contribution in [0, 0.1) is 5.41 Å². The zero-order valence-corrected chi connectivity index (χ0v) is 23.8. The molecule has 2 aromatic rings. The minimum atomic E-state index is -4.62. The van der Waals surface area contributed by atoms with Crippen LogP contribution in [0.15, 0.2) is 35.8 Å². The van der Waals surface area contributed by atoms with Crippen molar-refractivity contribution in [1.82, 2.24) is 25.3 Å². The van der Waals surface area contributed by atoms with Crippen LogP contribution in [-0.4, -0.2) is 85.6 Å². The van der Waals surface area contributed by atoms with Crippen LogP contribution in [0.4, 0.5) is 29.3 Å². The number of amidine groups is 1. The summed E-state index contributed by atoms with van der Waals surface area (Å²) in [7, 11) is 5.08. The van der Waals surface area contributed by atoms with Gasteiger partial charge < -0.3 is 30.1 Å². The molecular formula is C28H37F3N8O2. The lowest BCUT2D eigenvalue weighted by molar-refractivity contribution is -0.137. The van der Waals surface area contributed by atoms with E-state index in [4.69, 9.17) is 4.74 Å². The number of aromatic nitrogens is 2. The molecule has 1 fully saturated rings. The highest BCUT2D eigenvalue weighted by atomic mass is 19.4. The van der Waals surface area contributed by atoms with Crippen molar-refractivity contribution in [1.29, 1.82) is 5.41 Å². The number of hydrogen-bond acceptors (Lipinski definition) is 6. The quantitative estimate of drug-likeness (QED) is 0.380. The Morgan fingerprint density at radius 3 is 2.54 bits per heavy atom. The highest BCUT2D eigenvalue weighted by molar-refractivity contribution is 6.11. The highest BCUT2D eigenvalue weighted by Crippen LogP contribution is 2.46. The maximum atomic E-state index is 14.5. The summed E-state index contributed by atoms with van der Waals surface area (Å²) in [6, 6.07) is 2.53. The zero-order chi connectivity index (χ0) is 29.5. The van der Waals surface area contributed by atoms with Crippen LogP contribution < -0.4 is 20.4 Å². The first kappa shape index (κ1) is 28.8. The van der Waals surface area contributed by atoms with E-state index >= 15 is 0 Å². The van der Waals surface area contributed by atoms with Crippen molar-refractivity contribution in [3.05, 3.63) is 41.4 Å². The van der Waals surface area contributed by atoms with Crippen molar-refractivity contribution in [2.24, 2.45) is 7.05 Å². The molecule has 0 bridgehead atoms. The fourth-order valence-electron chi connectivity index (χ4n) is 5.77. The molecule has 1 atom stereocenters. The molecular weight excluding hydrogens is 537 g/mol. The highest BCUT2D eigenvalue weighted by Gasteiger charge is 2.39. The SMILES string of the molecule is CNC(=O)N1CCC(NC2CCOCC2)=C(C(=N)N2C[C@H](C)N(C)c3cc(-c4cnn(C)c4)c(C(F)(F)F)cc32)C1. The molecule has 3 aliphatic heterocycles. The van der Waals surface area contributed by atoms with Gasteiger partial charge in [0.25, 0.3) is 0 Å². The van der Waals surface area contributed by atoms with E-state index in [2.05, 4.69) is 15.7 Å². The van der Waals surface area contributed by atoms with E-state index in [0.29, 0.717) is 55.2 Å². The van der Waals surface area contributed by atoms with Crippen LogP contribution in [-0.2, 0) is 18.0 Å². The Balaban J connectivity index is 1.60. The molecule has 0 radical (unpaired) electrons. The Kier molecular flexibility index (Phi) is 7.91. The van der Waals surface area contributed by atoms with Gasteiger partial charge in [-0.3, -0.25) is 10.1 Å². The number of rotatable bonds is 4. The number of nitrogens with one attached hydrogen (secondary N) is 3. The van der Waals surface area contributed by atoms with Crippen molar-refractivity contribution in [3.8, 4) is 11.1 Å². The van der Waals surface area contributed by atoms with Gasteiger partial charge in [0.1, 0.15) is 5.84 Å². The number of aryl methyl sites for hydroxylation is 1. The van der Waals surface area contributed by atoms with Gasteiger partial charge in [0.05, 0.1) is 29.7 Å². The summed E-state index contributed by atoms with van der Waals surface area (Å²) in [5.74, 6) is 0.0941. The van der Waals surface area contributed by atoms with E-state index in [1.807, 2.05) is 18.9 Å². The number of anilines is 2. The minimum Gasteiger partial charge on any atom is -0.385 e. The Labute approximate surface area is 237 Å². The number of nitrogens with zero attached hydrogens (tertiary/aromatic N) is 5. The van der Waals surface area contributed by atoms with E-state index < -0.39 is 11.7 Å². The molecule has 1 aromatic carbocycles. The molecule has 3 aliphatic rings. The fraction of sp³-hybridized carbons (Fsp3) is 0.536. The first-order valence-corrected chi connectivity index (χ1v) is 13.8.